The van der Waals surface area contributed by atoms with Crippen LogP contribution >= 0.6 is 0 Å². The summed E-state index contributed by atoms with van der Waals surface area (Å²) in [7, 11) is 0. The van der Waals surface area contributed by atoms with Gasteiger partial charge >= 0.3 is 0 Å². The number of benzene rings is 1. The Morgan fingerprint density at radius 3 is 2.33 bits per heavy atom. The van der Waals surface area contributed by atoms with Crippen molar-refractivity contribution in [2.45, 2.75) is 70.0 Å². The van der Waals surface area contributed by atoms with Gasteiger partial charge in [0.2, 0.25) is 0 Å². The highest BCUT2D eigenvalue weighted by atomic mass is 19.1. The van der Waals surface area contributed by atoms with Crippen LogP contribution in [0.5, 0.6) is 0 Å². The summed E-state index contributed by atoms with van der Waals surface area (Å²) in [5.74, 6) is -4.02. The van der Waals surface area contributed by atoms with Crippen molar-refractivity contribution in [1.29, 1.82) is 0 Å². The molecule has 0 aromatic heterocycles. The van der Waals surface area contributed by atoms with E-state index in [1.165, 1.54) is 0 Å². The molecule has 3 heterocycles. The molecule has 3 fully saturated rings. The van der Waals surface area contributed by atoms with Crippen molar-refractivity contribution < 1.29 is 37.3 Å². The van der Waals surface area contributed by atoms with Crippen molar-refractivity contribution >= 4 is 11.6 Å². The van der Waals surface area contributed by atoms with Crippen LogP contribution in [-0.2, 0) is 28.5 Å². The van der Waals surface area contributed by atoms with E-state index in [0.29, 0.717) is 0 Å². The molecule has 0 unspecified atom stereocenters. The standard InChI is InChI=1S/C18H21F2NO6/c1-17(2)24-11-12(25-17)14-16(27-18(3,4)26-14)23-13(11)15(22)21-10-7-8(19)5-6-9(10)20/h5-7,11-14,16H,1-4H3,(H,21,22)/t11-,12+,13+,14+,16-/m0/s1. The number of fused-ring (bicyclic) bond motifs is 3. The molecule has 5 atom stereocenters. The summed E-state index contributed by atoms with van der Waals surface area (Å²) >= 11 is 0. The first-order valence-electron chi connectivity index (χ1n) is 8.67. The summed E-state index contributed by atoms with van der Waals surface area (Å²) < 4.78 is 56.4. The Labute approximate surface area is 154 Å². The first kappa shape index (κ1) is 18.7. The van der Waals surface area contributed by atoms with Gasteiger partial charge in [-0.1, -0.05) is 0 Å². The molecule has 1 aromatic carbocycles. The van der Waals surface area contributed by atoms with Crippen molar-refractivity contribution in [2.75, 3.05) is 5.32 Å². The van der Waals surface area contributed by atoms with Crippen LogP contribution in [0.25, 0.3) is 0 Å². The Hall–Kier alpha value is -1.65. The third-order valence-corrected chi connectivity index (χ3v) is 4.60. The van der Waals surface area contributed by atoms with Crippen molar-refractivity contribution in [2.24, 2.45) is 0 Å². The zero-order chi connectivity index (χ0) is 19.6. The summed E-state index contributed by atoms with van der Waals surface area (Å²) in [6, 6.07) is 2.79. The quantitative estimate of drug-likeness (QED) is 0.842. The van der Waals surface area contributed by atoms with Crippen LogP contribution in [0, 0.1) is 11.6 Å². The normalized spacial score (nSPS) is 36.1. The summed E-state index contributed by atoms with van der Waals surface area (Å²) in [5, 5.41) is 2.35. The van der Waals surface area contributed by atoms with Crippen LogP contribution in [0.4, 0.5) is 14.5 Å². The van der Waals surface area contributed by atoms with E-state index in [-0.39, 0.29) is 5.69 Å². The lowest BCUT2D eigenvalue weighted by molar-refractivity contribution is -0.229. The van der Waals surface area contributed by atoms with E-state index >= 15 is 0 Å². The van der Waals surface area contributed by atoms with Crippen molar-refractivity contribution in [3.05, 3.63) is 29.8 Å². The number of hydrogen-bond donors (Lipinski definition) is 1. The van der Waals surface area contributed by atoms with Crippen LogP contribution in [0.15, 0.2) is 18.2 Å². The number of nitrogens with one attached hydrogen (secondary N) is 1. The molecular weight excluding hydrogens is 364 g/mol. The number of halogens is 2. The molecule has 0 saturated carbocycles. The topological polar surface area (TPSA) is 75.3 Å². The molecule has 0 radical (unpaired) electrons. The van der Waals surface area contributed by atoms with Crippen LogP contribution in [0.1, 0.15) is 27.7 Å². The molecule has 1 amide bonds. The fourth-order valence-corrected chi connectivity index (χ4v) is 3.62. The van der Waals surface area contributed by atoms with Gasteiger partial charge in [0.1, 0.15) is 29.9 Å². The average Bonchev–Trinajstić information content (AvgIpc) is 3.04. The van der Waals surface area contributed by atoms with Gasteiger partial charge in [-0.15, -0.1) is 0 Å². The average molecular weight is 385 g/mol. The number of rotatable bonds is 2. The van der Waals surface area contributed by atoms with E-state index in [9.17, 15) is 13.6 Å². The molecule has 3 aliphatic heterocycles. The predicted molar refractivity (Wildman–Crippen MR) is 87.5 cm³/mol. The lowest BCUT2D eigenvalue weighted by Crippen LogP contribution is -2.58. The summed E-state index contributed by atoms with van der Waals surface area (Å²) in [6.07, 6.45) is -4.00. The highest BCUT2D eigenvalue weighted by molar-refractivity contribution is 5.95. The molecule has 0 spiro atoms. The maximum absolute atomic E-state index is 13.9. The van der Waals surface area contributed by atoms with Gasteiger partial charge in [0.25, 0.3) is 5.91 Å². The third kappa shape index (κ3) is 3.45. The number of hydrogen-bond acceptors (Lipinski definition) is 6. The van der Waals surface area contributed by atoms with Crippen molar-refractivity contribution in [3.8, 4) is 0 Å². The molecule has 0 bridgehead atoms. The van der Waals surface area contributed by atoms with Gasteiger partial charge in [0.05, 0.1) is 5.69 Å². The minimum atomic E-state index is -1.15. The third-order valence-electron chi connectivity index (χ3n) is 4.60. The molecule has 27 heavy (non-hydrogen) atoms. The first-order chi connectivity index (χ1) is 12.5. The van der Waals surface area contributed by atoms with Gasteiger partial charge in [-0.3, -0.25) is 4.79 Å². The van der Waals surface area contributed by atoms with Gasteiger partial charge in [-0.25, -0.2) is 8.78 Å². The van der Waals surface area contributed by atoms with Gasteiger partial charge in [-0.05, 0) is 39.8 Å². The van der Waals surface area contributed by atoms with E-state index in [2.05, 4.69) is 5.32 Å². The van der Waals surface area contributed by atoms with Crippen LogP contribution in [0.3, 0.4) is 0 Å². The molecule has 1 aromatic rings. The van der Waals surface area contributed by atoms with Crippen LogP contribution in [0.2, 0.25) is 0 Å². The molecule has 3 aliphatic rings. The second-order valence-electron chi connectivity index (χ2n) is 7.70. The largest absolute Gasteiger partial charge is 0.342 e. The van der Waals surface area contributed by atoms with E-state index < -0.39 is 59.8 Å². The number of ether oxygens (including phenoxy) is 5. The van der Waals surface area contributed by atoms with Crippen molar-refractivity contribution in [3.63, 3.8) is 0 Å². The molecule has 3 saturated heterocycles. The van der Waals surface area contributed by atoms with Gasteiger partial charge in [-0.2, -0.15) is 0 Å². The predicted octanol–water partition coefficient (Wildman–Crippen LogP) is 2.30. The maximum Gasteiger partial charge on any atom is 0.256 e. The number of carbonyl (C=O) groups is 1. The SMILES string of the molecule is CC1(C)O[C@@H]2O[C@@H](C(=O)Nc3cc(F)ccc3F)[C@H]3OC(C)(C)O[C@H]3[C@H]2O1. The lowest BCUT2D eigenvalue weighted by atomic mass is 9.98. The minimum absolute atomic E-state index is 0.288. The smallest absolute Gasteiger partial charge is 0.256 e. The second kappa shape index (κ2) is 6.18. The van der Waals surface area contributed by atoms with Gasteiger partial charge in [0, 0.05) is 6.07 Å². The zero-order valence-electron chi connectivity index (χ0n) is 15.3. The monoisotopic (exact) mass is 385 g/mol. The highest BCUT2D eigenvalue weighted by Crippen LogP contribution is 2.44. The zero-order valence-corrected chi connectivity index (χ0v) is 15.3. The summed E-state index contributed by atoms with van der Waals surface area (Å²) in [5.41, 5.74) is -0.288. The van der Waals surface area contributed by atoms with Crippen LogP contribution < -0.4 is 5.32 Å². The Bertz CT molecular complexity index is 770. The Kier molecular flexibility index (Phi) is 4.28. The molecule has 7 nitrogen and oxygen atoms in total. The second-order valence-corrected chi connectivity index (χ2v) is 7.70. The fraction of sp³-hybridized carbons (Fsp3) is 0.611. The van der Waals surface area contributed by atoms with E-state index in [1.54, 1.807) is 27.7 Å². The molecule has 1 N–H and O–H groups in total. The first-order valence-corrected chi connectivity index (χ1v) is 8.67. The Morgan fingerprint density at radius 1 is 0.963 bits per heavy atom. The number of amides is 1. The molecule has 0 aliphatic carbocycles. The fourth-order valence-electron chi connectivity index (χ4n) is 3.62. The maximum atomic E-state index is 13.9. The summed E-state index contributed by atoms with van der Waals surface area (Å²) in [4.78, 5) is 12.8. The van der Waals surface area contributed by atoms with E-state index in [0.717, 1.165) is 18.2 Å². The number of anilines is 1. The van der Waals surface area contributed by atoms with Gasteiger partial charge in [0.15, 0.2) is 24.0 Å². The summed E-state index contributed by atoms with van der Waals surface area (Å²) in [6.45, 7) is 6.87. The highest BCUT2D eigenvalue weighted by Gasteiger charge is 2.62. The Morgan fingerprint density at radius 2 is 1.59 bits per heavy atom. The van der Waals surface area contributed by atoms with E-state index in [4.69, 9.17) is 23.7 Å². The number of carbonyl (C=O) groups excluding carboxylic acids is 1. The Balaban J connectivity index is 1.60. The van der Waals surface area contributed by atoms with Crippen LogP contribution in [-0.4, -0.2) is 48.2 Å². The molecule has 9 heteroatoms. The van der Waals surface area contributed by atoms with E-state index in [1.807, 2.05) is 0 Å². The van der Waals surface area contributed by atoms with Gasteiger partial charge < -0.3 is 29.0 Å². The molecule has 148 valence electrons. The molecular formula is C18H21F2NO6. The lowest BCUT2D eigenvalue weighted by Gasteiger charge is -2.36. The minimum Gasteiger partial charge on any atom is -0.342 e. The van der Waals surface area contributed by atoms with Crippen molar-refractivity contribution in [1.82, 2.24) is 0 Å². The molecule has 4 rings (SSSR count).